The van der Waals surface area contributed by atoms with E-state index in [0.29, 0.717) is 5.56 Å². The fourth-order valence-corrected chi connectivity index (χ4v) is 6.40. The highest BCUT2D eigenvalue weighted by atomic mass is 32.2. The molecule has 3 rings (SSSR count). The first-order valence-electron chi connectivity index (χ1n) is 7.93. The molecule has 0 radical (unpaired) electrons. The third kappa shape index (κ3) is 3.22. The molecule has 1 fully saturated rings. The van der Waals surface area contributed by atoms with Gasteiger partial charge in [0.1, 0.15) is 21.8 Å². The summed E-state index contributed by atoms with van der Waals surface area (Å²) in [5, 5.41) is 11.2. The van der Waals surface area contributed by atoms with Gasteiger partial charge in [-0.15, -0.1) is 23.5 Å². The van der Waals surface area contributed by atoms with Gasteiger partial charge in [-0.1, -0.05) is 18.2 Å². The maximum atomic E-state index is 13.8. The third-order valence-corrected chi connectivity index (χ3v) is 7.96. The monoisotopic (exact) mass is 366 g/mol. The van der Waals surface area contributed by atoms with Gasteiger partial charge < -0.3 is 5.11 Å². The Hall–Kier alpha value is -1.04. The van der Waals surface area contributed by atoms with Gasteiger partial charge in [0.25, 0.3) is 0 Å². The smallest absolute Gasteiger partial charge is 0.126 e. The van der Waals surface area contributed by atoms with E-state index in [1.807, 2.05) is 32.0 Å². The van der Waals surface area contributed by atoms with Gasteiger partial charge >= 0.3 is 0 Å². The normalized spacial score (nSPS) is 18.4. The Labute approximate surface area is 149 Å². The molecule has 1 heterocycles. The van der Waals surface area contributed by atoms with Crippen molar-refractivity contribution in [3.63, 3.8) is 0 Å². The van der Waals surface area contributed by atoms with Crippen molar-refractivity contribution in [2.24, 2.45) is 0 Å². The Bertz CT molecular complexity index is 722. The highest BCUT2D eigenvalue weighted by molar-refractivity contribution is 8.18. The van der Waals surface area contributed by atoms with E-state index in [1.165, 1.54) is 12.1 Å². The topological polar surface area (TPSA) is 20.2 Å². The Morgan fingerprint density at radius 2 is 1.67 bits per heavy atom. The van der Waals surface area contributed by atoms with Crippen molar-refractivity contribution in [2.45, 2.75) is 30.5 Å². The van der Waals surface area contributed by atoms with E-state index >= 15 is 0 Å². The highest BCUT2D eigenvalue weighted by Crippen LogP contribution is 2.58. The average Bonchev–Trinajstić information content (AvgIpc) is 2.56. The zero-order valence-electron chi connectivity index (χ0n) is 13.7. The number of halogens is 2. The molecule has 128 valence electrons. The van der Waals surface area contributed by atoms with Crippen LogP contribution in [0.15, 0.2) is 36.4 Å². The van der Waals surface area contributed by atoms with Crippen molar-refractivity contribution in [1.29, 1.82) is 0 Å². The minimum absolute atomic E-state index is 0.503. The van der Waals surface area contributed by atoms with E-state index in [1.54, 1.807) is 23.5 Å². The molecule has 0 aliphatic carbocycles. The maximum Gasteiger partial charge on any atom is 0.126 e. The molecule has 0 saturated carbocycles. The molecule has 0 aromatic heterocycles. The number of hydrogen-bond acceptors (Lipinski definition) is 3. The van der Waals surface area contributed by atoms with Crippen LogP contribution in [0.2, 0.25) is 0 Å². The number of aryl methyl sites for hydroxylation is 1. The molecule has 5 heteroatoms. The molecule has 1 aliphatic heterocycles. The molecular weight excluding hydrogens is 346 g/mol. The minimum atomic E-state index is -0.839. The van der Waals surface area contributed by atoms with Crippen molar-refractivity contribution < 1.29 is 13.9 Å². The molecule has 0 spiro atoms. The van der Waals surface area contributed by atoms with Crippen molar-refractivity contribution in [2.75, 3.05) is 11.5 Å². The van der Waals surface area contributed by atoms with E-state index in [9.17, 15) is 13.9 Å². The van der Waals surface area contributed by atoms with Crippen molar-refractivity contribution in [3.05, 3.63) is 70.3 Å². The van der Waals surface area contributed by atoms with E-state index in [-0.39, 0.29) is 0 Å². The average molecular weight is 366 g/mol. The quantitative estimate of drug-likeness (QED) is 0.792. The van der Waals surface area contributed by atoms with Gasteiger partial charge in [0.05, 0.1) is 0 Å². The predicted octanol–water partition coefficient (Wildman–Crippen LogP) is 5.34. The van der Waals surface area contributed by atoms with Gasteiger partial charge in [-0.25, -0.2) is 8.78 Å². The van der Waals surface area contributed by atoms with Crippen LogP contribution in [0, 0.1) is 25.5 Å². The van der Waals surface area contributed by atoms with E-state index in [0.717, 1.165) is 40.7 Å². The third-order valence-electron chi connectivity index (χ3n) is 4.49. The molecule has 1 atom stereocenters. The van der Waals surface area contributed by atoms with Crippen LogP contribution in [0.1, 0.15) is 34.8 Å². The number of thioether (sulfide) groups is 2. The lowest BCUT2D eigenvalue weighted by molar-refractivity contribution is 0.162. The number of benzene rings is 2. The first-order valence-corrected chi connectivity index (χ1v) is 9.90. The number of hydrogen-bond donors (Lipinski definition) is 1. The molecule has 1 saturated heterocycles. The fourth-order valence-electron chi connectivity index (χ4n) is 3.06. The Balaban J connectivity index is 2.13. The fraction of sp³-hybridized carbons (Fsp3) is 0.368. The Kier molecular flexibility index (Phi) is 5.23. The van der Waals surface area contributed by atoms with Gasteiger partial charge in [-0.3, -0.25) is 0 Å². The lowest BCUT2D eigenvalue weighted by Crippen LogP contribution is -2.31. The van der Waals surface area contributed by atoms with Crippen molar-refractivity contribution >= 4 is 23.5 Å². The second-order valence-corrected chi connectivity index (χ2v) is 9.01. The lowest BCUT2D eigenvalue weighted by Gasteiger charge is -2.41. The summed E-state index contributed by atoms with van der Waals surface area (Å²) < 4.78 is 26.9. The standard InChI is InChI=1S/C19H20F2OS2/c1-12-5-3-6-17(13(12)2)18(22)19(23-7-4-8-24-19)14-9-15(20)11-16(21)10-14/h3,5-6,9-11,18,22H,4,7-8H2,1-2H3. The minimum Gasteiger partial charge on any atom is -0.386 e. The van der Waals surface area contributed by atoms with Crippen LogP contribution in [0.25, 0.3) is 0 Å². The summed E-state index contributed by atoms with van der Waals surface area (Å²) in [5.41, 5.74) is 3.44. The molecule has 1 nitrogen and oxygen atoms in total. The predicted molar refractivity (Wildman–Crippen MR) is 98.4 cm³/mol. The summed E-state index contributed by atoms with van der Waals surface area (Å²) in [6.45, 7) is 3.98. The summed E-state index contributed by atoms with van der Waals surface area (Å²) >= 11 is 3.16. The Morgan fingerprint density at radius 3 is 2.29 bits per heavy atom. The molecule has 1 unspecified atom stereocenters. The van der Waals surface area contributed by atoms with Crippen LogP contribution in [0.5, 0.6) is 0 Å². The molecule has 1 N–H and O–H groups in total. The first kappa shape index (κ1) is 17.8. The molecule has 1 aliphatic rings. The number of aliphatic hydroxyl groups excluding tert-OH is 1. The molecular formula is C19H20F2OS2. The second kappa shape index (κ2) is 7.06. The summed E-state index contributed by atoms with van der Waals surface area (Å²) in [5.74, 6) is 0.494. The van der Waals surface area contributed by atoms with Crippen LogP contribution in [-0.2, 0) is 4.08 Å². The summed E-state index contributed by atoms with van der Waals surface area (Å²) in [6, 6.07) is 9.39. The highest BCUT2D eigenvalue weighted by Gasteiger charge is 2.44. The molecule has 0 bridgehead atoms. The van der Waals surface area contributed by atoms with Gasteiger partial charge in [-0.2, -0.15) is 0 Å². The molecule has 0 amide bonds. The van der Waals surface area contributed by atoms with Crippen LogP contribution >= 0.6 is 23.5 Å². The maximum absolute atomic E-state index is 13.8. The SMILES string of the molecule is Cc1cccc(C(O)C2(c3cc(F)cc(F)c3)SCCCS2)c1C. The van der Waals surface area contributed by atoms with E-state index in [2.05, 4.69) is 0 Å². The van der Waals surface area contributed by atoms with Crippen LogP contribution in [-0.4, -0.2) is 16.6 Å². The molecule has 2 aromatic rings. The van der Waals surface area contributed by atoms with E-state index in [4.69, 9.17) is 0 Å². The van der Waals surface area contributed by atoms with Gasteiger partial charge in [0.15, 0.2) is 0 Å². The molecule has 2 aromatic carbocycles. The summed E-state index contributed by atoms with van der Waals surface area (Å²) in [7, 11) is 0. The van der Waals surface area contributed by atoms with Gasteiger partial charge in [0.2, 0.25) is 0 Å². The van der Waals surface area contributed by atoms with Crippen molar-refractivity contribution in [3.8, 4) is 0 Å². The largest absolute Gasteiger partial charge is 0.386 e. The second-order valence-electron chi connectivity index (χ2n) is 6.07. The van der Waals surface area contributed by atoms with Crippen LogP contribution < -0.4 is 0 Å². The summed E-state index contributed by atoms with van der Waals surface area (Å²) in [6.07, 6.45) is 0.183. The van der Waals surface area contributed by atoms with Gasteiger partial charge in [-0.05, 0) is 66.2 Å². The zero-order valence-corrected chi connectivity index (χ0v) is 15.3. The van der Waals surface area contributed by atoms with Gasteiger partial charge in [0, 0.05) is 6.07 Å². The zero-order chi connectivity index (χ0) is 17.3. The Morgan fingerprint density at radius 1 is 1.04 bits per heavy atom. The van der Waals surface area contributed by atoms with Crippen molar-refractivity contribution in [1.82, 2.24) is 0 Å². The number of rotatable bonds is 3. The van der Waals surface area contributed by atoms with Crippen LogP contribution in [0.3, 0.4) is 0 Å². The lowest BCUT2D eigenvalue weighted by atomic mass is 9.94. The number of aliphatic hydroxyl groups is 1. The van der Waals surface area contributed by atoms with E-state index < -0.39 is 21.8 Å². The first-order chi connectivity index (χ1) is 11.4. The van der Waals surface area contributed by atoms with Crippen LogP contribution in [0.4, 0.5) is 8.78 Å². The summed E-state index contributed by atoms with van der Waals surface area (Å²) in [4.78, 5) is 0. The molecule has 24 heavy (non-hydrogen) atoms.